The van der Waals surface area contributed by atoms with Crippen LogP contribution < -0.4 is 10.0 Å². The summed E-state index contributed by atoms with van der Waals surface area (Å²) in [5.41, 5.74) is 0.0766. The van der Waals surface area contributed by atoms with E-state index in [4.69, 9.17) is 0 Å². The zero-order valence-electron chi connectivity index (χ0n) is 13.0. The second-order valence-electron chi connectivity index (χ2n) is 6.98. The fourth-order valence-corrected chi connectivity index (χ4v) is 5.22. The lowest BCUT2D eigenvalue weighted by atomic mass is 9.88. The smallest absolute Gasteiger partial charge is 0.279 e. The Balaban J connectivity index is 1.99. The minimum atomic E-state index is -3.33. The highest BCUT2D eigenvalue weighted by atomic mass is 32.2. The highest BCUT2D eigenvalue weighted by molar-refractivity contribution is 7.87. The third-order valence-electron chi connectivity index (χ3n) is 4.86. The molecule has 0 aromatic rings. The summed E-state index contributed by atoms with van der Waals surface area (Å²) >= 11 is 0. The minimum Gasteiger partial charge on any atom is -0.319 e. The van der Waals surface area contributed by atoms with Crippen molar-refractivity contribution < 1.29 is 8.42 Å². The van der Waals surface area contributed by atoms with E-state index < -0.39 is 10.2 Å². The molecule has 0 spiro atoms. The topological polar surface area (TPSA) is 61.4 Å². The van der Waals surface area contributed by atoms with Crippen molar-refractivity contribution in [3.05, 3.63) is 0 Å². The molecule has 0 aromatic heterocycles. The van der Waals surface area contributed by atoms with Gasteiger partial charge in [-0.3, -0.25) is 0 Å². The van der Waals surface area contributed by atoms with Gasteiger partial charge in [0.2, 0.25) is 0 Å². The molecular weight excluding hydrogens is 274 g/mol. The van der Waals surface area contributed by atoms with E-state index in [1.54, 1.807) is 4.31 Å². The van der Waals surface area contributed by atoms with Gasteiger partial charge in [-0.1, -0.05) is 20.3 Å². The van der Waals surface area contributed by atoms with E-state index in [1.165, 1.54) is 0 Å². The molecule has 1 heterocycles. The van der Waals surface area contributed by atoms with Crippen LogP contribution in [0.5, 0.6) is 0 Å². The summed E-state index contributed by atoms with van der Waals surface area (Å²) in [6.07, 6.45) is 5.24. The van der Waals surface area contributed by atoms with Crippen molar-refractivity contribution in [3.8, 4) is 0 Å². The Kier molecular flexibility index (Phi) is 5.10. The molecule has 2 aliphatic rings. The molecule has 0 aromatic carbocycles. The third kappa shape index (κ3) is 3.72. The Hall–Kier alpha value is -0.170. The average molecular weight is 303 g/mol. The Morgan fingerprint density at radius 2 is 2.00 bits per heavy atom. The van der Waals surface area contributed by atoms with Gasteiger partial charge < -0.3 is 5.32 Å². The molecule has 5 nitrogen and oxygen atoms in total. The maximum atomic E-state index is 12.6. The lowest BCUT2D eigenvalue weighted by Crippen LogP contribution is -2.52. The second kappa shape index (κ2) is 6.30. The minimum absolute atomic E-state index is 0.0766. The number of hydrogen-bond donors (Lipinski definition) is 2. The molecule has 20 heavy (non-hydrogen) atoms. The Bertz CT molecular complexity index is 420. The van der Waals surface area contributed by atoms with Crippen LogP contribution in [0.3, 0.4) is 0 Å². The van der Waals surface area contributed by atoms with Crippen molar-refractivity contribution in [2.45, 2.75) is 52.0 Å². The van der Waals surface area contributed by atoms with Crippen LogP contribution in [-0.2, 0) is 10.2 Å². The maximum absolute atomic E-state index is 12.6. The zero-order chi connectivity index (χ0) is 14.8. The van der Waals surface area contributed by atoms with Crippen molar-refractivity contribution in [1.82, 2.24) is 14.3 Å². The standard InChI is InChI=1S/C14H29N3O2S/c1-14(2)8-4-7-13(14)16-20(18,19)17-9-5-6-12(11-17)10-15-3/h12-13,15-16H,4-11H2,1-3H3. The van der Waals surface area contributed by atoms with E-state index in [0.29, 0.717) is 19.0 Å². The highest BCUT2D eigenvalue weighted by Crippen LogP contribution is 2.37. The Labute approximate surface area is 123 Å². The normalized spacial score (nSPS) is 31.6. The van der Waals surface area contributed by atoms with Gasteiger partial charge in [0.25, 0.3) is 10.2 Å². The summed E-state index contributed by atoms with van der Waals surface area (Å²) in [5.74, 6) is 0.432. The molecule has 118 valence electrons. The summed E-state index contributed by atoms with van der Waals surface area (Å²) < 4.78 is 29.7. The number of rotatable bonds is 5. The molecule has 1 aliphatic heterocycles. The molecule has 6 heteroatoms. The highest BCUT2D eigenvalue weighted by Gasteiger charge is 2.39. The second-order valence-corrected chi connectivity index (χ2v) is 8.68. The lowest BCUT2D eigenvalue weighted by molar-refractivity contribution is 0.251. The fraction of sp³-hybridized carbons (Fsp3) is 1.00. The van der Waals surface area contributed by atoms with Crippen molar-refractivity contribution >= 4 is 10.2 Å². The molecule has 2 atom stereocenters. The van der Waals surface area contributed by atoms with Gasteiger partial charge in [0.05, 0.1) is 0 Å². The summed E-state index contributed by atoms with van der Waals surface area (Å²) in [6, 6.07) is 0.0807. The van der Waals surface area contributed by atoms with Crippen LogP contribution >= 0.6 is 0 Å². The van der Waals surface area contributed by atoms with E-state index in [2.05, 4.69) is 23.9 Å². The molecule has 2 N–H and O–H groups in total. The summed E-state index contributed by atoms with van der Waals surface area (Å²) in [6.45, 7) is 6.51. The first-order chi connectivity index (χ1) is 9.35. The number of hydrogen-bond acceptors (Lipinski definition) is 3. The monoisotopic (exact) mass is 303 g/mol. The fourth-order valence-electron chi connectivity index (χ4n) is 3.50. The first-order valence-electron chi connectivity index (χ1n) is 7.77. The van der Waals surface area contributed by atoms with Crippen molar-refractivity contribution in [1.29, 1.82) is 0 Å². The summed E-state index contributed by atoms with van der Waals surface area (Å²) in [5, 5.41) is 3.15. The Morgan fingerprint density at radius 3 is 2.60 bits per heavy atom. The summed E-state index contributed by atoms with van der Waals surface area (Å²) in [4.78, 5) is 0. The van der Waals surface area contributed by atoms with E-state index >= 15 is 0 Å². The van der Waals surface area contributed by atoms with Crippen LogP contribution in [0.4, 0.5) is 0 Å². The molecule has 0 radical (unpaired) electrons. The maximum Gasteiger partial charge on any atom is 0.279 e. The lowest BCUT2D eigenvalue weighted by Gasteiger charge is -2.35. The van der Waals surface area contributed by atoms with Gasteiger partial charge in [0, 0.05) is 19.1 Å². The first-order valence-corrected chi connectivity index (χ1v) is 9.21. The van der Waals surface area contributed by atoms with Gasteiger partial charge in [-0.2, -0.15) is 17.4 Å². The van der Waals surface area contributed by atoms with Gasteiger partial charge in [0.15, 0.2) is 0 Å². The van der Waals surface area contributed by atoms with E-state index in [0.717, 1.165) is 38.6 Å². The molecule has 1 saturated heterocycles. The number of nitrogens with one attached hydrogen (secondary N) is 2. The Morgan fingerprint density at radius 1 is 1.25 bits per heavy atom. The van der Waals surface area contributed by atoms with Crippen LogP contribution in [0, 0.1) is 11.3 Å². The number of nitrogens with zero attached hydrogens (tertiary/aromatic N) is 1. The quantitative estimate of drug-likeness (QED) is 0.805. The molecule has 2 unspecified atom stereocenters. The van der Waals surface area contributed by atoms with E-state index in [9.17, 15) is 8.42 Å². The van der Waals surface area contributed by atoms with Gasteiger partial charge in [0.1, 0.15) is 0 Å². The average Bonchev–Trinajstić information content (AvgIpc) is 2.69. The van der Waals surface area contributed by atoms with Crippen LogP contribution in [0.1, 0.15) is 46.0 Å². The van der Waals surface area contributed by atoms with E-state index in [-0.39, 0.29) is 11.5 Å². The predicted molar refractivity (Wildman–Crippen MR) is 81.7 cm³/mol. The molecule has 2 fully saturated rings. The van der Waals surface area contributed by atoms with Crippen molar-refractivity contribution in [3.63, 3.8) is 0 Å². The SMILES string of the molecule is CNCC1CCCN(S(=O)(=O)NC2CCCC2(C)C)C1. The van der Waals surface area contributed by atoms with Gasteiger partial charge in [-0.05, 0) is 50.6 Å². The van der Waals surface area contributed by atoms with Gasteiger partial charge in [-0.25, -0.2) is 0 Å². The van der Waals surface area contributed by atoms with Crippen LogP contribution in [-0.4, -0.2) is 45.4 Å². The molecule has 0 bridgehead atoms. The molecular formula is C14H29N3O2S. The zero-order valence-corrected chi connectivity index (χ0v) is 13.8. The molecule has 1 aliphatic carbocycles. The largest absolute Gasteiger partial charge is 0.319 e. The summed E-state index contributed by atoms with van der Waals surface area (Å²) in [7, 11) is -1.41. The molecule has 2 rings (SSSR count). The predicted octanol–water partition coefficient (Wildman–Crippen LogP) is 1.33. The van der Waals surface area contributed by atoms with E-state index in [1.807, 2.05) is 7.05 Å². The van der Waals surface area contributed by atoms with Gasteiger partial charge >= 0.3 is 0 Å². The molecule has 1 saturated carbocycles. The van der Waals surface area contributed by atoms with Gasteiger partial charge in [-0.15, -0.1) is 0 Å². The first kappa shape index (κ1) is 16.2. The van der Waals surface area contributed by atoms with Crippen LogP contribution in [0.15, 0.2) is 0 Å². The third-order valence-corrected chi connectivity index (χ3v) is 6.46. The van der Waals surface area contributed by atoms with Crippen LogP contribution in [0.2, 0.25) is 0 Å². The van der Waals surface area contributed by atoms with Crippen LogP contribution in [0.25, 0.3) is 0 Å². The van der Waals surface area contributed by atoms with Crippen molar-refractivity contribution in [2.75, 3.05) is 26.7 Å². The number of piperidine rings is 1. The van der Waals surface area contributed by atoms with Crippen molar-refractivity contribution in [2.24, 2.45) is 11.3 Å². The molecule has 0 amide bonds.